The average Bonchev–Trinajstić information content (AvgIpc) is 2.06. The van der Waals surface area contributed by atoms with Crippen molar-refractivity contribution in [1.82, 2.24) is 4.98 Å². The van der Waals surface area contributed by atoms with Crippen molar-refractivity contribution >= 4 is 15.9 Å². The molecule has 0 fully saturated rings. The predicted molar refractivity (Wildman–Crippen MR) is 56.8 cm³/mol. The van der Waals surface area contributed by atoms with E-state index in [1.54, 1.807) is 12.1 Å². The van der Waals surface area contributed by atoms with E-state index in [9.17, 15) is 4.39 Å². The fourth-order valence-corrected chi connectivity index (χ4v) is 0.992. The molecule has 0 saturated carbocycles. The van der Waals surface area contributed by atoms with Crippen LogP contribution in [-0.2, 0) is 0 Å². The van der Waals surface area contributed by atoms with Crippen molar-refractivity contribution in [1.29, 1.82) is 0 Å². The van der Waals surface area contributed by atoms with Crippen LogP contribution in [0.25, 0.3) is 0 Å². The highest BCUT2D eigenvalue weighted by Crippen LogP contribution is 2.19. The number of hydrogen-bond acceptors (Lipinski definition) is 2. The summed E-state index contributed by atoms with van der Waals surface area (Å²) in [6, 6.07) is 3.22. The summed E-state index contributed by atoms with van der Waals surface area (Å²) in [4.78, 5) is 3.64. The van der Waals surface area contributed by atoms with Crippen molar-refractivity contribution in [2.24, 2.45) is 5.41 Å². The molecule has 14 heavy (non-hydrogen) atoms. The second-order valence-electron chi connectivity index (χ2n) is 4.27. The average molecular weight is 262 g/mol. The molecule has 0 aromatic carbocycles. The molecule has 0 aliphatic heterocycles. The van der Waals surface area contributed by atoms with Gasteiger partial charge in [-0.2, -0.15) is 9.37 Å². The minimum Gasteiger partial charge on any atom is -0.477 e. The maximum atomic E-state index is 13.0. The Balaban J connectivity index is 2.65. The lowest BCUT2D eigenvalue weighted by atomic mass is 9.99. The zero-order valence-electron chi connectivity index (χ0n) is 8.47. The minimum absolute atomic E-state index is 0.0469. The maximum absolute atomic E-state index is 13.0. The van der Waals surface area contributed by atoms with Gasteiger partial charge < -0.3 is 4.74 Å². The second kappa shape index (κ2) is 4.26. The van der Waals surface area contributed by atoms with Crippen LogP contribution in [-0.4, -0.2) is 11.6 Å². The normalized spacial score (nSPS) is 11.5. The molecular formula is C10H13BrFNO. The van der Waals surface area contributed by atoms with Gasteiger partial charge in [-0.25, -0.2) is 0 Å². The van der Waals surface area contributed by atoms with Gasteiger partial charge in [0.2, 0.25) is 11.8 Å². The van der Waals surface area contributed by atoms with Crippen LogP contribution < -0.4 is 4.74 Å². The molecule has 1 rings (SSSR count). The van der Waals surface area contributed by atoms with Crippen LogP contribution in [0.5, 0.6) is 5.88 Å². The van der Waals surface area contributed by atoms with E-state index in [2.05, 4.69) is 20.9 Å². The summed E-state index contributed by atoms with van der Waals surface area (Å²) in [6.45, 7) is 6.65. The number of nitrogens with zero attached hydrogens (tertiary/aromatic N) is 1. The second-order valence-corrected chi connectivity index (χ2v) is 5.13. The summed E-state index contributed by atoms with van der Waals surface area (Å²) in [6.07, 6.45) is 0. The first-order valence-corrected chi connectivity index (χ1v) is 5.13. The first-order chi connectivity index (χ1) is 6.38. The molecule has 78 valence electrons. The lowest BCUT2D eigenvalue weighted by Crippen LogP contribution is -2.17. The van der Waals surface area contributed by atoms with Crippen molar-refractivity contribution < 1.29 is 9.13 Å². The lowest BCUT2D eigenvalue weighted by molar-refractivity contribution is 0.189. The van der Waals surface area contributed by atoms with Gasteiger partial charge in [-0.15, -0.1) is 0 Å². The Morgan fingerprint density at radius 2 is 2.07 bits per heavy atom. The topological polar surface area (TPSA) is 22.1 Å². The molecule has 0 radical (unpaired) electrons. The fourth-order valence-electron chi connectivity index (χ4n) is 0.771. The number of halogens is 2. The first-order valence-electron chi connectivity index (χ1n) is 4.33. The molecule has 2 nitrogen and oxygen atoms in total. The maximum Gasteiger partial charge on any atom is 0.230 e. The zero-order valence-corrected chi connectivity index (χ0v) is 10.1. The zero-order chi connectivity index (χ0) is 10.8. The Morgan fingerprint density at radius 1 is 1.43 bits per heavy atom. The number of aromatic nitrogens is 1. The van der Waals surface area contributed by atoms with Crippen LogP contribution in [0.1, 0.15) is 20.8 Å². The molecule has 0 unspecified atom stereocenters. The van der Waals surface area contributed by atoms with Crippen molar-refractivity contribution in [2.45, 2.75) is 20.8 Å². The van der Waals surface area contributed by atoms with Gasteiger partial charge in [0.05, 0.1) is 11.1 Å². The van der Waals surface area contributed by atoms with Crippen LogP contribution in [0.2, 0.25) is 0 Å². The largest absolute Gasteiger partial charge is 0.477 e. The van der Waals surface area contributed by atoms with E-state index < -0.39 is 5.95 Å². The number of pyridine rings is 1. The molecule has 0 N–H and O–H groups in total. The Bertz CT molecular complexity index is 322. The standard InChI is InChI=1S/C10H13BrFNO/c1-10(2,3)6-14-8-5-4-7(11)9(12)13-8/h4-5H,6H2,1-3H3. The van der Waals surface area contributed by atoms with Gasteiger partial charge in [-0.1, -0.05) is 20.8 Å². The number of hydrogen-bond donors (Lipinski definition) is 0. The first kappa shape index (κ1) is 11.4. The molecule has 0 saturated heterocycles. The third-order valence-electron chi connectivity index (χ3n) is 1.43. The van der Waals surface area contributed by atoms with Crippen LogP contribution >= 0.6 is 15.9 Å². The Kier molecular flexibility index (Phi) is 3.48. The molecule has 1 aromatic rings. The van der Waals surface area contributed by atoms with Crippen molar-refractivity contribution in [3.63, 3.8) is 0 Å². The smallest absolute Gasteiger partial charge is 0.230 e. The van der Waals surface area contributed by atoms with E-state index in [4.69, 9.17) is 4.74 Å². The highest BCUT2D eigenvalue weighted by atomic mass is 79.9. The van der Waals surface area contributed by atoms with Crippen LogP contribution in [0.15, 0.2) is 16.6 Å². The van der Waals surface area contributed by atoms with Crippen LogP contribution in [0, 0.1) is 11.4 Å². The van der Waals surface area contributed by atoms with Crippen LogP contribution in [0.4, 0.5) is 4.39 Å². The molecule has 4 heteroatoms. The van der Waals surface area contributed by atoms with Crippen molar-refractivity contribution in [2.75, 3.05) is 6.61 Å². The summed E-state index contributed by atoms with van der Waals surface area (Å²) in [5.74, 6) is -0.225. The fraction of sp³-hybridized carbons (Fsp3) is 0.500. The van der Waals surface area contributed by atoms with E-state index in [1.165, 1.54) is 0 Å². The van der Waals surface area contributed by atoms with E-state index >= 15 is 0 Å². The Labute approximate surface area is 91.6 Å². The highest BCUT2D eigenvalue weighted by molar-refractivity contribution is 9.10. The van der Waals surface area contributed by atoms with Gasteiger partial charge in [-0.3, -0.25) is 0 Å². The predicted octanol–water partition coefficient (Wildman–Crippen LogP) is 3.41. The number of rotatable bonds is 2. The Morgan fingerprint density at radius 3 is 2.57 bits per heavy atom. The highest BCUT2D eigenvalue weighted by Gasteiger charge is 2.12. The lowest BCUT2D eigenvalue weighted by Gasteiger charge is -2.18. The molecule has 0 amide bonds. The molecule has 0 bridgehead atoms. The summed E-state index contributed by atoms with van der Waals surface area (Å²) in [5, 5.41) is 0. The molecule has 1 aromatic heterocycles. The quantitative estimate of drug-likeness (QED) is 0.762. The third kappa shape index (κ3) is 3.62. The molecule has 0 spiro atoms. The van der Waals surface area contributed by atoms with Crippen molar-refractivity contribution in [3.05, 3.63) is 22.6 Å². The SMILES string of the molecule is CC(C)(C)COc1ccc(Br)c(F)n1. The summed E-state index contributed by atoms with van der Waals surface area (Å²) in [7, 11) is 0. The third-order valence-corrected chi connectivity index (χ3v) is 2.02. The van der Waals surface area contributed by atoms with Gasteiger partial charge in [0.25, 0.3) is 0 Å². The molecule has 0 atom stereocenters. The molecular weight excluding hydrogens is 249 g/mol. The van der Waals surface area contributed by atoms with Gasteiger partial charge in [0.1, 0.15) is 0 Å². The van der Waals surface area contributed by atoms with E-state index in [0.29, 0.717) is 17.0 Å². The monoisotopic (exact) mass is 261 g/mol. The van der Waals surface area contributed by atoms with Gasteiger partial charge in [0, 0.05) is 6.07 Å². The summed E-state index contributed by atoms with van der Waals surface area (Å²) >= 11 is 3.03. The van der Waals surface area contributed by atoms with Crippen molar-refractivity contribution in [3.8, 4) is 5.88 Å². The minimum atomic E-state index is -0.545. The summed E-state index contributed by atoms with van der Waals surface area (Å²) < 4.78 is 18.6. The van der Waals surface area contributed by atoms with Gasteiger partial charge >= 0.3 is 0 Å². The summed E-state index contributed by atoms with van der Waals surface area (Å²) in [5.41, 5.74) is 0.0469. The molecule has 0 aliphatic rings. The van der Waals surface area contributed by atoms with E-state index in [-0.39, 0.29) is 5.41 Å². The van der Waals surface area contributed by atoms with Gasteiger partial charge in [-0.05, 0) is 27.4 Å². The van der Waals surface area contributed by atoms with Crippen LogP contribution in [0.3, 0.4) is 0 Å². The number of ether oxygens (including phenoxy) is 1. The molecule has 0 aliphatic carbocycles. The van der Waals surface area contributed by atoms with E-state index in [1.807, 2.05) is 20.8 Å². The van der Waals surface area contributed by atoms with Gasteiger partial charge in [0.15, 0.2) is 0 Å². The van der Waals surface area contributed by atoms with E-state index in [0.717, 1.165) is 0 Å². The Hall–Kier alpha value is -0.640. The molecule has 1 heterocycles.